The summed E-state index contributed by atoms with van der Waals surface area (Å²) in [6.07, 6.45) is 1.83. The number of hydrogen-bond acceptors (Lipinski definition) is 2. The first-order valence-electron chi connectivity index (χ1n) is 7.47. The van der Waals surface area contributed by atoms with Crippen LogP contribution < -0.4 is 0 Å². The van der Waals surface area contributed by atoms with E-state index in [1.165, 1.54) is 17.2 Å². The summed E-state index contributed by atoms with van der Waals surface area (Å²) in [7, 11) is 4.09. The van der Waals surface area contributed by atoms with Crippen LogP contribution in [0, 0.1) is 12.7 Å². The quantitative estimate of drug-likeness (QED) is 0.712. The fourth-order valence-electron chi connectivity index (χ4n) is 2.81. The third-order valence-electron chi connectivity index (χ3n) is 3.77. The SMILES string of the molecule is Cc1cc(CN(C)C)c2ncn(Cc3ccc(F)c(Cl)c3)c2c1. The van der Waals surface area contributed by atoms with E-state index in [0.29, 0.717) is 6.54 Å². The molecule has 0 aliphatic carbocycles. The zero-order chi connectivity index (χ0) is 16.6. The van der Waals surface area contributed by atoms with Crippen LogP contribution >= 0.6 is 11.6 Å². The summed E-state index contributed by atoms with van der Waals surface area (Å²) in [5.41, 5.74) is 5.46. The van der Waals surface area contributed by atoms with Gasteiger partial charge in [0, 0.05) is 13.1 Å². The maximum absolute atomic E-state index is 13.3. The minimum absolute atomic E-state index is 0.149. The number of rotatable bonds is 4. The third kappa shape index (κ3) is 3.38. The van der Waals surface area contributed by atoms with Gasteiger partial charge in [0.1, 0.15) is 5.82 Å². The fraction of sp³-hybridized carbons (Fsp3) is 0.278. The number of aromatic nitrogens is 2. The molecule has 120 valence electrons. The van der Waals surface area contributed by atoms with Crippen molar-refractivity contribution in [1.29, 1.82) is 0 Å². The number of fused-ring (bicyclic) bond motifs is 1. The second-order valence-corrected chi connectivity index (χ2v) is 6.56. The molecule has 0 aliphatic heterocycles. The highest BCUT2D eigenvalue weighted by Crippen LogP contribution is 2.23. The molecule has 0 fully saturated rings. The monoisotopic (exact) mass is 331 g/mol. The van der Waals surface area contributed by atoms with Gasteiger partial charge in [-0.15, -0.1) is 0 Å². The number of hydrogen-bond donors (Lipinski definition) is 0. The highest BCUT2D eigenvalue weighted by atomic mass is 35.5. The van der Waals surface area contributed by atoms with Crippen molar-refractivity contribution in [2.24, 2.45) is 0 Å². The highest BCUT2D eigenvalue weighted by molar-refractivity contribution is 6.30. The highest BCUT2D eigenvalue weighted by Gasteiger charge is 2.10. The normalized spacial score (nSPS) is 11.6. The third-order valence-corrected chi connectivity index (χ3v) is 4.06. The number of benzene rings is 2. The van der Waals surface area contributed by atoms with Gasteiger partial charge in [-0.3, -0.25) is 0 Å². The lowest BCUT2D eigenvalue weighted by Gasteiger charge is -2.12. The zero-order valence-corrected chi connectivity index (χ0v) is 14.2. The molecule has 0 unspecified atom stereocenters. The summed E-state index contributed by atoms with van der Waals surface area (Å²) >= 11 is 5.87. The van der Waals surface area contributed by atoms with Crippen molar-refractivity contribution in [3.8, 4) is 0 Å². The Morgan fingerprint density at radius 1 is 1.22 bits per heavy atom. The Labute approximate surface area is 140 Å². The molecule has 0 N–H and O–H groups in total. The van der Waals surface area contributed by atoms with E-state index >= 15 is 0 Å². The first kappa shape index (κ1) is 16.0. The Bertz CT molecular complexity index is 855. The summed E-state index contributed by atoms with van der Waals surface area (Å²) in [5, 5.41) is 0.149. The Morgan fingerprint density at radius 3 is 2.70 bits per heavy atom. The summed E-state index contributed by atoms with van der Waals surface area (Å²) in [6.45, 7) is 3.55. The van der Waals surface area contributed by atoms with E-state index in [4.69, 9.17) is 11.6 Å². The van der Waals surface area contributed by atoms with Gasteiger partial charge < -0.3 is 9.47 Å². The van der Waals surface area contributed by atoms with Crippen LogP contribution in [0.3, 0.4) is 0 Å². The minimum atomic E-state index is -0.394. The van der Waals surface area contributed by atoms with E-state index in [1.807, 2.05) is 20.4 Å². The maximum atomic E-state index is 13.3. The second-order valence-electron chi connectivity index (χ2n) is 6.15. The molecule has 0 atom stereocenters. The molecule has 0 aliphatic rings. The molecule has 0 radical (unpaired) electrons. The summed E-state index contributed by atoms with van der Waals surface area (Å²) in [6, 6.07) is 9.13. The van der Waals surface area contributed by atoms with E-state index in [2.05, 4.69) is 33.5 Å². The first-order valence-corrected chi connectivity index (χ1v) is 7.85. The predicted molar refractivity (Wildman–Crippen MR) is 92.4 cm³/mol. The predicted octanol–water partition coefficient (Wildman–Crippen LogP) is 4.25. The van der Waals surface area contributed by atoms with Crippen LogP contribution in [-0.2, 0) is 13.1 Å². The summed E-state index contributed by atoms with van der Waals surface area (Å²) in [4.78, 5) is 6.71. The molecule has 5 heteroatoms. The van der Waals surface area contributed by atoms with E-state index < -0.39 is 5.82 Å². The number of nitrogens with zero attached hydrogens (tertiary/aromatic N) is 3. The van der Waals surface area contributed by atoms with Gasteiger partial charge in [-0.05, 0) is 55.9 Å². The topological polar surface area (TPSA) is 21.1 Å². The van der Waals surface area contributed by atoms with Gasteiger partial charge in [-0.25, -0.2) is 9.37 Å². The Hall–Kier alpha value is -1.91. The van der Waals surface area contributed by atoms with Gasteiger partial charge in [0.25, 0.3) is 0 Å². The molecule has 0 bridgehead atoms. The molecule has 0 saturated carbocycles. The van der Waals surface area contributed by atoms with Crippen molar-refractivity contribution in [3.05, 3.63) is 64.2 Å². The Kier molecular flexibility index (Phi) is 4.37. The van der Waals surface area contributed by atoms with Crippen LogP contribution in [0.15, 0.2) is 36.7 Å². The average Bonchev–Trinajstić information content (AvgIpc) is 2.85. The van der Waals surface area contributed by atoms with Crippen LogP contribution in [0.5, 0.6) is 0 Å². The Morgan fingerprint density at radius 2 is 2.00 bits per heavy atom. The van der Waals surface area contributed by atoms with E-state index in [1.54, 1.807) is 12.1 Å². The van der Waals surface area contributed by atoms with Crippen LogP contribution in [-0.4, -0.2) is 28.5 Å². The first-order chi connectivity index (χ1) is 10.9. The lowest BCUT2D eigenvalue weighted by atomic mass is 10.1. The largest absolute Gasteiger partial charge is 0.326 e. The second kappa shape index (κ2) is 6.30. The molecule has 3 rings (SSSR count). The van der Waals surface area contributed by atoms with Crippen molar-refractivity contribution < 1.29 is 4.39 Å². The minimum Gasteiger partial charge on any atom is -0.326 e. The molecule has 0 spiro atoms. The summed E-state index contributed by atoms with van der Waals surface area (Å²) in [5.74, 6) is -0.394. The maximum Gasteiger partial charge on any atom is 0.141 e. The van der Waals surface area contributed by atoms with Crippen molar-refractivity contribution >= 4 is 22.6 Å². The van der Waals surface area contributed by atoms with Gasteiger partial charge in [-0.1, -0.05) is 23.7 Å². The molecule has 3 nitrogen and oxygen atoms in total. The molecule has 0 saturated heterocycles. The van der Waals surface area contributed by atoms with Crippen LogP contribution in [0.2, 0.25) is 5.02 Å². The number of aryl methyl sites for hydroxylation is 1. The number of halogens is 2. The number of imidazole rings is 1. The standard InChI is InChI=1S/C18H19ClFN3/c1-12-6-14(10-22(2)3)18-17(7-12)23(11-21-18)9-13-4-5-16(20)15(19)8-13/h4-8,11H,9-10H2,1-3H3. The van der Waals surface area contributed by atoms with Crippen molar-refractivity contribution in [3.63, 3.8) is 0 Å². The van der Waals surface area contributed by atoms with Gasteiger partial charge in [0.15, 0.2) is 0 Å². The van der Waals surface area contributed by atoms with E-state index in [0.717, 1.165) is 23.1 Å². The molecule has 23 heavy (non-hydrogen) atoms. The molecule has 2 aromatic carbocycles. The molecule has 0 amide bonds. The smallest absolute Gasteiger partial charge is 0.141 e. The fourth-order valence-corrected chi connectivity index (χ4v) is 3.02. The molecule has 1 heterocycles. The average molecular weight is 332 g/mol. The van der Waals surface area contributed by atoms with Crippen LogP contribution in [0.1, 0.15) is 16.7 Å². The van der Waals surface area contributed by atoms with Crippen molar-refractivity contribution in [1.82, 2.24) is 14.5 Å². The van der Waals surface area contributed by atoms with Crippen LogP contribution in [0.4, 0.5) is 4.39 Å². The van der Waals surface area contributed by atoms with E-state index in [9.17, 15) is 4.39 Å². The lowest BCUT2D eigenvalue weighted by Crippen LogP contribution is -2.11. The van der Waals surface area contributed by atoms with Gasteiger partial charge in [-0.2, -0.15) is 0 Å². The van der Waals surface area contributed by atoms with Gasteiger partial charge in [0.05, 0.1) is 22.4 Å². The Balaban J connectivity index is 2.01. The zero-order valence-electron chi connectivity index (χ0n) is 13.5. The molecular weight excluding hydrogens is 313 g/mol. The summed E-state index contributed by atoms with van der Waals surface area (Å²) < 4.78 is 15.4. The lowest BCUT2D eigenvalue weighted by molar-refractivity contribution is 0.404. The molecule has 1 aromatic heterocycles. The molecule has 3 aromatic rings. The molecular formula is C18H19ClFN3. The van der Waals surface area contributed by atoms with Gasteiger partial charge in [0.2, 0.25) is 0 Å². The van der Waals surface area contributed by atoms with Crippen molar-refractivity contribution in [2.75, 3.05) is 14.1 Å². The van der Waals surface area contributed by atoms with E-state index in [-0.39, 0.29) is 5.02 Å². The van der Waals surface area contributed by atoms with Crippen LogP contribution in [0.25, 0.3) is 11.0 Å². The van der Waals surface area contributed by atoms with Gasteiger partial charge >= 0.3 is 0 Å². The van der Waals surface area contributed by atoms with Crippen molar-refractivity contribution in [2.45, 2.75) is 20.0 Å².